The molecule has 160 valence electrons. The smallest absolute Gasteiger partial charge is 0.343 e. The van der Waals surface area contributed by atoms with Gasteiger partial charge in [-0.3, -0.25) is 4.79 Å². The molecule has 0 spiro atoms. The van der Waals surface area contributed by atoms with E-state index in [9.17, 15) is 9.59 Å². The predicted molar refractivity (Wildman–Crippen MR) is 112 cm³/mol. The van der Waals surface area contributed by atoms with E-state index in [-0.39, 0.29) is 18.0 Å². The van der Waals surface area contributed by atoms with Crippen LogP contribution in [0.15, 0.2) is 48.5 Å². The van der Waals surface area contributed by atoms with Crippen LogP contribution in [0.25, 0.3) is 0 Å². The van der Waals surface area contributed by atoms with Gasteiger partial charge in [-0.05, 0) is 80.6 Å². The van der Waals surface area contributed by atoms with E-state index in [0.717, 1.165) is 38.7 Å². The third kappa shape index (κ3) is 6.07. The maximum Gasteiger partial charge on any atom is 0.343 e. The summed E-state index contributed by atoms with van der Waals surface area (Å²) in [6.45, 7) is 2.86. The van der Waals surface area contributed by atoms with Crippen molar-refractivity contribution in [2.24, 2.45) is 5.92 Å². The Morgan fingerprint density at radius 2 is 1.40 bits per heavy atom. The summed E-state index contributed by atoms with van der Waals surface area (Å²) in [6.07, 6.45) is 4.61. The fourth-order valence-electron chi connectivity index (χ4n) is 3.42. The van der Waals surface area contributed by atoms with Crippen LogP contribution in [0.1, 0.15) is 49.4 Å². The van der Waals surface area contributed by atoms with Crippen molar-refractivity contribution in [3.05, 3.63) is 54.1 Å². The number of hydrogen-bond acceptors (Lipinski definition) is 6. The van der Waals surface area contributed by atoms with Gasteiger partial charge in [-0.2, -0.15) is 0 Å². The average Bonchev–Trinajstić information content (AvgIpc) is 2.79. The van der Waals surface area contributed by atoms with Crippen molar-refractivity contribution in [2.75, 3.05) is 13.7 Å². The lowest BCUT2D eigenvalue weighted by molar-refractivity contribution is -0.141. The van der Waals surface area contributed by atoms with Gasteiger partial charge in [0.1, 0.15) is 17.2 Å². The van der Waals surface area contributed by atoms with Crippen molar-refractivity contribution >= 4 is 11.9 Å². The van der Waals surface area contributed by atoms with Crippen LogP contribution < -0.4 is 14.2 Å². The maximum absolute atomic E-state index is 12.4. The summed E-state index contributed by atoms with van der Waals surface area (Å²) in [5.74, 6) is 0.702. The molecule has 1 fully saturated rings. The molecule has 1 aliphatic carbocycles. The molecule has 2 aromatic carbocycles. The maximum atomic E-state index is 12.4. The standard InChI is InChI=1S/C24H28O6/c1-3-16-28-20-10-6-18(7-11-20)24(26)30-22-14-12-21(13-15-22)29-23(25)17-4-8-19(27-2)9-5-17/h4-5,8-9,12-15,18,20H,3,6-7,10-11,16H2,1-2H3. The number of ether oxygens (including phenoxy) is 4. The Labute approximate surface area is 177 Å². The van der Waals surface area contributed by atoms with E-state index in [1.807, 2.05) is 0 Å². The number of esters is 2. The first kappa shape index (κ1) is 21.8. The Bertz CT molecular complexity index is 820. The summed E-state index contributed by atoms with van der Waals surface area (Å²) in [5, 5.41) is 0. The van der Waals surface area contributed by atoms with Gasteiger partial charge in [-0.15, -0.1) is 0 Å². The van der Waals surface area contributed by atoms with Crippen LogP contribution in [-0.4, -0.2) is 31.8 Å². The number of hydrogen-bond donors (Lipinski definition) is 0. The Morgan fingerprint density at radius 1 is 0.833 bits per heavy atom. The largest absolute Gasteiger partial charge is 0.497 e. The summed E-state index contributed by atoms with van der Waals surface area (Å²) in [5.41, 5.74) is 0.421. The number of carbonyl (C=O) groups excluding carboxylic acids is 2. The minimum atomic E-state index is -0.468. The summed E-state index contributed by atoms with van der Waals surface area (Å²) in [7, 11) is 1.56. The second-order valence-corrected chi connectivity index (χ2v) is 7.35. The van der Waals surface area contributed by atoms with Crippen LogP contribution in [0.3, 0.4) is 0 Å². The van der Waals surface area contributed by atoms with E-state index in [2.05, 4.69) is 6.92 Å². The van der Waals surface area contributed by atoms with Crippen molar-refractivity contribution in [1.82, 2.24) is 0 Å². The van der Waals surface area contributed by atoms with Gasteiger partial charge in [0.15, 0.2) is 0 Å². The third-order valence-electron chi connectivity index (χ3n) is 5.14. The van der Waals surface area contributed by atoms with Crippen LogP contribution in [0, 0.1) is 5.92 Å². The lowest BCUT2D eigenvalue weighted by atomic mass is 9.87. The molecule has 6 nitrogen and oxygen atoms in total. The van der Waals surface area contributed by atoms with Gasteiger partial charge >= 0.3 is 11.9 Å². The molecule has 2 aromatic rings. The van der Waals surface area contributed by atoms with Crippen molar-refractivity contribution < 1.29 is 28.5 Å². The number of benzene rings is 2. The minimum absolute atomic E-state index is 0.0981. The molecule has 0 bridgehead atoms. The zero-order valence-corrected chi connectivity index (χ0v) is 17.5. The monoisotopic (exact) mass is 412 g/mol. The van der Waals surface area contributed by atoms with Crippen LogP contribution in [-0.2, 0) is 9.53 Å². The SMILES string of the molecule is CCCOC1CCC(C(=O)Oc2ccc(OC(=O)c3ccc(OC)cc3)cc2)CC1. The molecule has 0 amide bonds. The Hall–Kier alpha value is -2.86. The highest BCUT2D eigenvalue weighted by Crippen LogP contribution is 2.28. The first-order valence-electron chi connectivity index (χ1n) is 10.4. The highest BCUT2D eigenvalue weighted by atomic mass is 16.5. The zero-order valence-electron chi connectivity index (χ0n) is 17.5. The van der Waals surface area contributed by atoms with Crippen LogP contribution in [0.4, 0.5) is 0 Å². The summed E-state index contributed by atoms with van der Waals surface area (Å²) in [4.78, 5) is 24.6. The fraction of sp³-hybridized carbons (Fsp3) is 0.417. The van der Waals surface area contributed by atoms with E-state index in [0.29, 0.717) is 22.8 Å². The van der Waals surface area contributed by atoms with E-state index in [1.165, 1.54) is 0 Å². The molecule has 1 aliphatic rings. The number of carbonyl (C=O) groups is 2. The van der Waals surface area contributed by atoms with Gasteiger partial charge in [-0.25, -0.2) is 4.79 Å². The Morgan fingerprint density at radius 3 is 1.97 bits per heavy atom. The molecule has 0 aliphatic heterocycles. The first-order valence-corrected chi connectivity index (χ1v) is 10.4. The summed E-state index contributed by atoms with van der Waals surface area (Å²) < 4.78 is 21.7. The molecule has 6 heteroatoms. The quantitative estimate of drug-likeness (QED) is 0.458. The van der Waals surface area contributed by atoms with Crippen molar-refractivity contribution in [3.63, 3.8) is 0 Å². The summed E-state index contributed by atoms with van der Waals surface area (Å²) in [6, 6.07) is 13.2. The normalized spacial score (nSPS) is 18.5. The van der Waals surface area contributed by atoms with E-state index in [4.69, 9.17) is 18.9 Å². The fourth-order valence-corrected chi connectivity index (χ4v) is 3.42. The van der Waals surface area contributed by atoms with Gasteiger partial charge in [-0.1, -0.05) is 6.92 Å². The number of methoxy groups -OCH3 is 1. The first-order chi connectivity index (χ1) is 14.6. The second-order valence-electron chi connectivity index (χ2n) is 7.35. The minimum Gasteiger partial charge on any atom is -0.497 e. The van der Waals surface area contributed by atoms with E-state index < -0.39 is 5.97 Å². The van der Waals surface area contributed by atoms with Crippen molar-refractivity contribution in [2.45, 2.75) is 45.1 Å². The van der Waals surface area contributed by atoms with Crippen LogP contribution in [0.5, 0.6) is 17.2 Å². The molecule has 30 heavy (non-hydrogen) atoms. The molecule has 3 rings (SSSR count). The molecule has 0 atom stereocenters. The highest BCUT2D eigenvalue weighted by molar-refractivity contribution is 5.91. The van der Waals surface area contributed by atoms with Crippen LogP contribution in [0.2, 0.25) is 0 Å². The molecule has 0 unspecified atom stereocenters. The second kappa shape index (κ2) is 10.8. The zero-order chi connectivity index (χ0) is 21.3. The molecule has 1 saturated carbocycles. The average molecular weight is 412 g/mol. The molecule has 0 heterocycles. The third-order valence-corrected chi connectivity index (χ3v) is 5.14. The Kier molecular flexibility index (Phi) is 7.85. The lowest BCUT2D eigenvalue weighted by Gasteiger charge is -2.27. The van der Waals surface area contributed by atoms with Gasteiger partial charge < -0.3 is 18.9 Å². The van der Waals surface area contributed by atoms with E-state index >= 15 is 0 Å². The predicted octanol–water partition coefficient (Wildman–Crippen LogP) is 4.81. The lowest BCUT2D eigenvalue weighted by Crippen LogP contribution is -2.29. The van der Waals surface area contributed by atoms with Crippen molar-refractivity contribution in [1.29, 1.82) is 0 Å². The topological polar surface area (TPSA) is 71.1 Å². The molecular weight excluding hydrogens is 384 g/mol. The van der Waals surface area contributed by atoms with Gasteiger partial charge in [0.2, 0.25) is 0 Å². The Balaban J connectivity index is 1.48. The summed E-state index contributed by atoms with van der Waals surface area (Å²) >= 11 is 0. The molecule has 0 aromatic heterocycles. The molecule has 0 saturated heterocycles. The molecular formula is C24H28O6. The number of rotatable bonds is 8. The van der Waals surface area contributed by atoms with Gasteiger partial charge in [0.25, 0.3) is 0 Å². The van der Waals surface area contributed by atoms with Crippen molar-refractivity contribution in [3.8, 4) is 17.2 Å². The van der Waals surface area contributed by atoms with E-state index in [1.54, 1.807) is 55.6 Å². The molecule has 0 N–H and O–H groups in total. The van der Waals surface area contributed by atoms with Gasteiger partial charge in [0, 0.05) is 6.61 Å². The van der Waals surface area contributed by atoms with Crippen LogP contribution >= 0.6 is 0 Å². The highest BCUT2D eigenvalue weighted by Gasteiger charge is 2.28. The molecule has 0 radical (unpaired) electrons. The van der Waals surface area contributed by atoms with Gasteiger partial charge in [0.05, 0.1) is 24.7 Å².